The van der Waals surface area contributed by atoms with Crippen molar-refractivity contribution in [3.05, 3.63) is 88.6 Å². The van der Waals surface area contributed by atoms with Gasteiger partial charge in [0.25, 0.3) is 5.78 Å². The van der Waals surface area contributed by atoms with Crippen molar-refractivity contribution in [1.82, 2.24) is 10.2 Å². The number of benzene rings is 2. The lowest BCUT2D eigenvalue weighted by atomic mass is 9.99. The summed E-state index contributed by atoms with van der Waals surface area (Å²) >= 11 is 2.34. The van der Waals surface area contributed by atoms with Gasteiger partial charge in [0.05, 0.1) is 5.57 Å². The van der Waals surface area contributed by atoms with Crippen molar-refractivity contribution >= 4 is 45.7 Å². The molecule has 0 spiro atoms. The van der Waals surface area contributed by atoms with Gasteiger partial charge in [-0.3, -0.25) is 14.5 Å². The number of fused-ring (bicyclic) bond motifs is 1. The van der Waals surface area contributed by atoms with E-state index in [1.165, 1.54) is 22.7 Å². The van der Waals surface area contributed by atoms with Crippen LogP contribution in [-0.4, -0.2) is 40.2 Å². The van der Waals surface area contributed by atoms with Crippen LogP contribution in [0.1, 0.15) is 28.7 Å². The number of aliphatic hydroxyl groups is 1. The summed E-state index contributed by atoms with van der Waals surface area (Å²) in [6, 6.07) is 13.5. The third-order valence-electron chi connectivity index (χ3n) is 6.20. The predicted molar refractivity (Wildman–Crippen MR) is 142 cm³/mol. The molecule has 9 nitrogen and oxygen atoms in total. The van der Waals surface area contributed by atoms with E-state index < -0.39 is 17.7 Å². The first-order valence-corrected chi connectivity index (χ1v) is 13.7. The Hall–Kier alpha value is -4.16. The number of aliphatic hydroxyl groups excluding tert-OH is 1. The van der Waals surface area contributed by atoms with Crippen molar-refractivity contribution < 1.29 is 33.0 Å². The van der Waals surface area contributed by atoms with Crippen LogP contribution in [0.25, 0.3) is 5.76 Å². The summed E-state index contributed by atoms with van der Waals surface area (Å²) in [6.07, 6.45) is 0. The maximum Gasteiger partial charge on any atom is 0.302 e. The monoisotopic (exact) mass is 565 g/mol. The molecule has 6 rings (SSSR count). The molecule has 2 aromatic heterocycles. The Morgan fingerprint density at radius 1 is 1.10 bits per heavy atom. The van der Waals surface area contributed by atoms with Crippen LogP contribution in [0.5, 0.6) is 11.5 Å². The molecule has 2 aromatic carbocycles. The second-order valence-electron chi connectivity index (χ2n) is 8.71. The Labute approximate surface area is 229 Å². The maximum absolute atomic E-state index is 14.0. The summed E-state index contributed by atoms with van der Waals surface area (Å²) in [5, 5.41) is 19.8. The molecule has 4 aromatic rings. The molecule has 1 unspecified atom stereocenters. The van der Waals surface area contributed by atoms with Crippen molar-refractivity contribution in [2.75, 3.05) is 18.1 Å². The van der Waals surface area contributed by atoms with E-state index in [0.717, 1.165) is 11.3 Å². The molecule has 39 heavy (non-hydrogen) atoms. The van der Waals surface area contributed by atoms with Gasteiger partial charge in [-0.05, 0) is 48.9 Å². The van der Waals surface area contributed by atoms with Crippen LogP contribution >= 0.6 is 23.1 Å². The van der Waals surface area contributed by atoms with Gasteiger partial charge >= 0.3 is 5.91 Å². The molecule has 4 heterocycles. The minimum atomic E-state index is -1.08. The predicted octanol–water partition coefficient (Wildman–Crippen LogP) is 5.27. The Balaban J connectivity index is 1.38. The number of thioether (sulfide) groups is 1. The lowest BCUT2D eigenvalue weighted by molar-refractivity contribution is -0.132. The van der Waals surface area contributed by atoms with E-state index in [-0.39, 0.29) is 33.6 Å². The van der Waals surface area contributed by atoms with Gasteiger partial charge in [0.2, 0.25) is 5.13 Å². The molecular formula is C27H20FN3O6S2. The maximum atomic E-state index is 14.0. The quantitative estimate of drug-likeness (QED) is 0.110. The summed E-state index contributed by atoms with van der Waals surface area (Å²) in [4.78, 5) is 27.9. The number of halogens is 1. The molecular weight excluding hydrogens is 545 g/mol. The van der Waals surface area contributed by atoms with E-state index >= 15 is 0 Å². The first-order chi connectivity index (χ1) is 18.9. The van der Waals surface area contributed by atoms with Crippen molar-refractivity contribution in [1.29, 1.82) is 0 Å². The molecule has 0 saturated carbocycles. The largest absolute Gasteiger partial charge is 0.507 e. The average molecular weight is 566 g/mol. The number of Topliss-reactive ketones (excluding diaryl/α,β-unsaturated/α-hetero) is 1. The SMILES string of the molecule is Cc1ccc(C2C(=C(O)c3ccc4c(c3)OCCO4)C(=O)C(=O)N2c2nnc(SCc3ccccc3F)s2)o1. The Bertz CT molecular complexity index is 1630. The molecule has 1 saturated heterocycles. The van der Waals surface area contributed by atoms with Crippen LogP contribution in [0.2, 0.25) is 0 Å². The van der Waals surface area contributed by atoms with E-state index in [9.17, 15) is 19.1 Å². The summed E-state index contributed by atoms with van der Waals surface area (Å²) in [5.41, 5.74) is 0.635. The van der Waals surface area contributed by atoms with Gasteiger partial charge in [-0.1, -0.05) is 41.3 Å². The van der Waals surface area contributed by atoms with Gasteiger partial charge in [0.15, 0.2) is 15.8 Å². The number of nitrogens with zero attached hydrogens (tertiary/aromatic N) is 3. The molecule has 0 aliphatic carbocycles. The highest BCUT2D eigenvalue weighted by molar-refractivity contribution is 8.00. The third-order valence-corrected chi connectivity index (χ3v) is 8.31. The van der Waals surface area contributed by atoms with Crippen molar-refractivity contribution in [3.63, 3.8) is 0 Å². The first-order valence-electron chi connectivity index (χ1n) is 11.9. The number of carbonyl (C=O) groups excluding carboxylic acids is 2. The minimum absolute atomic E-state index is 0.147. The van der Waals surface area contributed by atoms with Gasteiger partial charge in [-0.15, -0.1) is 10.2 Å². The summed E-state index contributed by atoms with van der Waals surface area (Å²) in [7, 11) is 0. The van der Waals surface area contributed by atoms with E-state index in [0.29, 0.717) is 46.1 Å². The number of aromatic nitrogens is 2. The van der Waals surface area contributed by atoms with Gasteiger partial charge in [0.1, 0.15) is 42.4 Å². The number of amides is 1. The van der Waals surface area contributed by atoms with Gasteiger partial charge < -0.3 is 19.0 Å². The van der Waals surface area contributed by atoms with Crippen LogP contribution < -0.4 is 14.4 Å². The van der Waals surface area contributed by atoms with Gasteiger partial charge in [0, 0.05) is 11.3 Å². The molecule has 0 radical (unpaired) electrons. The lowest BCUT2D eigenvalue weighted by Crippen LogP contribution is -2.29. The fourth-order valence-electron chi connectivity index (χ4n) is 4.36. The molecule has 2 aliphatic rings. The number of ketones is 1. The number of rotatable bonds is 6. The Morgan fingerprint density at radius 3 is 2.67 bits per heavy atom. The molecule has 0 bridgehead atoms. The third kappa shape index (κ3) is 4.66. The van der Waals surface area contributed by atoms with Gasteiger partial charge in [-0.25, -0.2) is 4.39 Å². The fourth-order valence-corrected chi connectivity index (χ4v) is 6.21. The van der Waals surface area contributed by atoms with Gasteiger partial charge in [-0.2, -0.15) is 0 Å². The smallest absolute Gasteiger partial charge is 0.302 e. The summed E-state index contributed by atoms with van der Waals surface area (Å²) in [6.45, 7) is 2.49. The van der Waals surface area contributed by atoms with Crippen LogP contribution in [0.3, 0.4) is 0 Å². The molecule has 198 valence electrons. The van der Waals surface area contributed by atoms with E-state index in [2.05, 4.69) is 10.2 Å². The summed E-state index contributed by atoms with van der Waals surface area (Å²) in [5.74, 6) is -0.387. The highest BCUT2D eigenvalue weighted by Gasteiger charge is 2.50. The molecule has 2 aliphatic heterocycles. The normalized spacial score (nSPS) is 18.1. The van der Waals surface area contributed by atoms with E-state index in [1.807, 2.05) is 0 Å². The molecule has 12 heteroatoms. The number of hydrogen-bond donors (Lipinski definition) is 1. The number of ether oxygens (including phenoxy) is 2. The zero-order valence-corrected chi connectivity index (χ0v) is 22.1. The number of furan rings is 1. The van der Waals surface area contributed by atoms with E-state index in [1.54, 1.807) is 55.5 Å². The fraction of sp³-hybridized carbons (Fsp3) is 0.185. The number of hydrogen-bond acceptors (Lipinski definition) is 10. The topological polar surface area (TPSA) is 115 Å². The Kier molecular flexibility index (Phi) is 6.57. The van der Waals surface area contributed by atoms with Crippen LogP contribution in [0.4, 0.5) is 9.52 Å². The highest BCUT2D eigenvalue weighted by Crippen LogP contribution is 2.45. The van der Waals surface area contributed by atoms with E-state index in [4.69, 9.17) is 13.9 Å². The lowest BCUT2D eigenvalue weighted by Gasteiger charge is -2.21. The average Bonchev–Trinajstić information content (AvgIpc) is 3.65. The number of anilines is 1. The second kappa shape index (κ2) is 10.2. The molecule has 1 atom stereocenters. The van der Waals surface area contributed by atoms with Crippen LogP contribution in [-0.2, 0) is 15.3 Å². The molecule has 1 amide bonds. The summed E-state index contributed by atoms with van der Waals surface area (Å²) < 4.78 is 31.5. The second-order valence-corrected chi connectivity index (χ2v) is 10.9. The van der Waals surface area contributed by atoms with Crippen LogP contribution in [0, 0.1) is 12.7 Å². The van der Waals surface area contributed by atoms with Crippen LogP contribution in [0.15, 0.2) is 68.9 Å². The first kappa shape index (κ1) is 25.1. The number of carbonyl (C=O) groups is 2. The number of aryl methyl sites for hydroxylation is 1. The Morgan fingerprint density at radius 2 is 1.90 bits per heavy atom. The van der Waals surface area contributed by atoms with Crippen molar-refractivity contribution in [2.24, 2.45) is 0 Å². The molecule has 1 fully saturated rings. The van der Waals surface area contributed by atoms with Crippen molar-refractivity contribution in [3.8, 4) is 11.5 Å². The highest BCUT2D eigenvalue weighted by atomic mass is 32.2. The minimum Gasteiger partial charge on any atom is -0.507 e. The standard InChI is InChI=1S/C27H20FN3O6S2/c1-14-6-8-19(37-14)22-21(23(32)15-7-9-18-20(12-15)36-11-10-35-18)24(33)25(34)31(22)26-29-30-27(39-26)38-13-16-4-2-3-5-17(16)28/h2-9,12,22,32H,10-11,13H2,1H3. The zero-order chi connectivity index (χ0) is 27.1. The molecule has 1 N–H and O–H groups in total. The van der Waals surface area contributed by atoms with Crippen molar-refractivity contribution in [2.45, 2.75) is 23.1 Å². The zero-order valence-electron chi connectivity index (χ0n) is 20.4.